The third-order valence-electron chi connectivity index (χ3n) is 2.67. The van der Waals surface area contributed by atoms with Crippen LogP contribution in [0.1, 0.15) is 31.7 Å². The third-order valence-corrected chi connectivity index (χ3v) is 2.67. The van der Waals surface area contributed by atoms with E-state index in [4.69, 9.17) is 9.47 Å². The van der Waals surface area contributed by atoms with Crippen LogP contribution in [-0.2, 0) is 4.74 Å². The second-order valence-corrected chi connectivity index (χ2v) is 4.15. The van der Waals surface area contributed by atoms with Crippen LogP contribution >= 0.6 is 0 Å². The maximum Gasteiger partial charge on any atom is 0.122 e. The Kier molecular flexibility index (Phi) is 4.23. The van der Waals surface area contributed by atoms with E-state index in [0.29, 0.717) is 12.7 Å². The fourth-order valence-electron chi connectivity index (χ4n) is 1.59. The van der Waals surface area contributed by atoms with Crippen molar-refractivity contribution in [3.8, 4) is 5.75 Å². The summed E-state index contributed by atoms with van der Waals surface area (Å²) in [7, 11) is 0. The molecule has 1 aromatic rings. The molecular formula is C14H19O2. The van der Waals surface area contributed by atoms with Crippen LogP contribution in [0, 0.1) is 6.42 Å². The average Bonchev–Trinajstić information content (AvgIpc) is 3.12. The third kappa shape index (κ3) is 3.53. The lowest BCUT2D eigenvalue weighted by Crippen LogP contribution is -2.05. The van der Waals surface area contributed by atoms with Crippen molar-refractivity contribution in [2.24, 2.45) is 0 Å². The molecule has 1 fully saturated rings. The van der Waals surface area contributed by atoms with Gasteiger partial charge in [-0.15, -0.1) is 0 Å². The van der Waals surface area contributed by atoms with Gasteiger partial charge in [0.1, 0.15) is 18.5 Å². The molecule has 0 N–H and O–H groups in total. The highest BCUT2D eigenvalue weighted by atomic mass is 16.6. The van der Waals surface area contributed by atoms with Crippen molar-refractivity contribution in [2.75, 3.05) is 13.2 Å². The van der Waals surface area contributed by atoms with Crippen molar-refractivity contribution in [1.29, 1.82) is 0 Å². The van der Waals surface area contributed by atoms with E-state index in [-0.39, 0.29) is 0 Å². The number of epoxide rings is 1. The Morgan fingerprint density at radius 2 is 2.25 bits per heavy atom. The predicted octanol–water partition coefficient (Wildman–Crippen LogP) is 3.21. The Morgan fingerprint density at radius 3 is 3.00 bits per heavy atom. The molecule has 2 rings (SSSR count). The highest BCUT2D eigenvalue weighted by molar-refractivity contribution is 5.38. The van der Waals surface area contributed by atoms with E-state index < -0.39 is 0 Å². The first-order valence-electron chi connectivity index (χ1n) is 6.07. The van der Waals surface area contributed by atoms with Gasteiger partial charge in [0.05, 0.1) is 6.61 Å². The van der Waals surface area contributed by atoms with Crippen LogP contribution in [0.15, 0.2) is 24.3 Å². The number of ether oxygens (including phenoxy) is 2. The maximum absolute atomic E-state index is 5.74. The average molecular weight is 219 g/mol. The molecular weight excluding hydrogens is 200 g/mol. The first kappa shape index (κ1) is 11.5. The van der Waals surface area contributed by atoms with E-state index in [1.807, 2.05) is 12.1 Å². The minimum Gasteiger partial charge on any atom is -0.490 e. The van der Waals surface area contributed by atoms with Crippen molar-refractivity contribution in [3.05, 3.63) is 36.2 Å². The van der Waals surface area contributed by atoms with Gasteiger partial charge in [-0.05, 0) is 24.5 Å². The summed E-state index contributed by atoms with van der Waals surface area (Å²) >= 11 is 0. The molecule has 0 bridgehead atoms. The van der Waals surface area contributed by atoms with Crippen LogP contribution < -0.4 is 4.74 Å². The van der Waals surface area contributed by atoms with E-state index >= 15 is 0 Å². The number of rotatable bonds is 7. The zero-order valence-electron chi connectivity index (χ0n) is 9.82. The van der Waals surface area contributed by atoms with E-state index in [1.165, 1.54) is 18.4 Å². The summed E-state index contributed by atoms with van der Waals surface area (Å²) in [5.74, 6) is 0.981. The van der Waals surface area contributed by atoms with Crippen molar-refractivity contribution >= 4 is 0 Å². The Balaban J connectivity index is 1.87. The van der Waals surface area contributed by atoms with Gasteiger partial charge in [0.25, 0.3) is 0 Å². The molecule has 0 spiro atoms. The monoisotopic (exact) mass is 219 g/mol. The Labute approximate surface area is 97.6 Å². The van der Waals surface area contributed by atoms with Gasteiger partial charge in [-0.2, -0.15) is 0 Å². The standard InChI is InChI=1S/C14H19O2/c1-2-3-4-7-12-8-5-6-9-14(12)16-11-13-10-15-13/h5-9,13H,2-4,10-11H2,1H3. The molecule has 0 aromatic heterocycles. The molecule has 1 unspecified atom stereocenters. The van der Waals surface area contributed by atoms with Gasteiger partial charge in [-0.25, -0.2) is 0 Å². The number of para-hydroxylation sites is 1. The molecule has 2 heteroatoms. The molecule has 1 saturated heterocycles. The first-order valence-corrected chi connectivity index (χ1v) is 6.07. The van der Waals surface area contributed by atoms with Crippen LogP contribution in [0.2, 0.25) is 0 Å². The lowest BCUT2D eigenvalue weighted by atomic mass is 10.1. The van der Waals surface area contributed by atoms with Crippen molar-refractivity contribution in [3.63, 3.8) is 0 Å². The molecule has 87 valence electrons. The van der Waals surface area contributed by atoms with Gasteiger partial charge >= 0.3 is 0 Å². The maximum atomic E-state index is 5.74. The zero-order chi connectivity index (χ0) is 11.2. The Morgan fingerprint density at radius 1 is 1.44 bits per heavy atom. The number of unbranched alkanes of at least 4 members (excludes halogenated alkanes) is 2. The van der Waals surface area contributed by atoms with E-state index in [1.54, 1.807) is 0 Å². The molecule has 0 amide bonds. The number of benzene rings is 1. The Bertz CT molecular complexity index is 318. The van der Waals surface area contributed by atoms with Crippen LogP contribution in [0.4, 0.5) is 0 Å². The van der Waals surface area contributed by atoms with Crippen molar-refractivity contribution < 1.29 is 9.47 Å². The highest BCUT2D eigenvalue weighted by Crippen LogP contribution is 2.23. The summed E-state index contributed by atoms with van der Waals surface area (Å²) in [5, 5.41) is 0. The van der Waals surface area contributed by atoms with E-state index in [2.05, 4.69) is 25.5 Å². The molecule has 0 saturated carbocycles. The van der Waals surface area contributed by atoms with Crippen LogP contribution in [0.25, 0.3) is 0 Å². The zero-order valence-corrected chi connectivity index (χ0v) is 9.82. The van der Waals surface area contributed by atoms with E-state index in [9.17, 15) is 0 Å². The van der Waals surface area contributed by atoms with Gasteiger partial charge in [0, 0.05) is 0 Å². The fourth-order valence-corrected chi connectivity index (χ4v) is 1.59. The van der Waals surface area contributed by atoms with Crippen molar-refractivity contribution in [2.45, 2.75) is 32.3 Å². The number of hydrogen-bond donors (Lipinski definition) is 0. The topological polar surface area (TPSA) is 21.8 Å². The molecule has 1 radical (unpaired) electrons. The second kappa shape index (κ2) is 5.90. The van der Waals surface area contributed by atoms with Crippen LogP contribution in [0.5, 0.6) is 5.75 Å². The molecule has 1 heterocycles. The van der Waals surface area contributed by atoms with Crippen LogP contribution in [0.3, 0.4) is 0 Å². The first-order chi connectivity index (χ1) is 7.90. The normalized spacial score (nSPS) is 18.4. The summed E-state index contributed by atoms with van der Waals surface area (Å²) in [6.07, 6.45) is 6.17. The molecule has 1 aliphatic rings. The molecule has 1 aliphatic heterocycles. The molecule has 0 aliphatic carbocycles. The quantitative estimate of drug-likeness (QED) is 0.519. The van der Waals surface area contributed by atoms with Gasteiger partial charge in [-0.3, -0.25) is 0 Å². The van der Waals surface area contributed by atoms with Crippen molar-refractivity contribution in [1.82, 2.24) is 0 Å². The Hall–Kier alpha value is -1.02. The number of hydrogen-bond acceptors (Lipinski definition) is 2. The van der Waals surface area contributed by atoms with Gasteiger partial charge in [0.15, 0.2) is 0 Å². The largest absolute Gasteiger partial charge is 0.490 e. The SMILES string of the molecule is CCCC[CH]c1ccccc1OCC1CO1. The lowest BCUT2D eigenvalue weighted by molar-refractivity contribution is 0.262. The molecule has 1 atom stereocenters. The van der Waals surface area contributed by atoms with Gasteiger partial charge in [0.2, 0.25) is 0 Å². The van der Waals surface area contributed by atoms with E-state index in [0.717, 1.165) is 18.8 Å². The summed E-state index contributed by atoms with van der Waals surface area (Å²) in [6.45, 7) is 3.74. The minimum atomic E-state index is 0.323. The second-order valence-electron chi connectivity index (χ2n) is 4.15. The summed E-state index contributed by atoms with van der Waals surface area (Å²) in [4.78, 5) is 0. The van der Waals surface area contributed by atoms with Crippen LogP contribution in [-0.4, -0.2) is 19.3 Å². The molecule has 1 aromatic carbocycles. The lowest BCUT2D eigenvalue weighted by Gasteiger charge is -2.09. The molecule has 2 nitrogen and oxygen atoms in total. The molecule has 16 heavy (non-hydrogen) atoms. The highest BCUT2D eigenvalue weighted by Gasteiger charge is 2.23. The predicted molar refractivity (Wildman–Crippen MR) is 64.6 cm³/mol. The summed E-state index contributed by atoms with van der Waals surface area (Å²) < 4.78 is 10.9. The fraction of sp³-hybridized carbons (Fsp3) is 0.500. The van der Waals surface area contributed by atoms with Gasteiger partial charge in [-0.1, -0.05) is 38.0 Å². The van der Waals surface area contributed by atoms with Gasteiger partial charge < -0.3 is 9.47 Å². The smallest absolute Gasteiger partial charge is 0.122 e. The summed E-state index contributed by atoms with van der Waals surface area (Å²) in [6, 6.07) is 8.21. The minimum absolute atomic E-state index is 0.323. The summed E-state index contributed by atoms with van der Waals surface area (Å²) in [5.41, 5.74) is 1.21.